The first-order chi connectivity index (χ1) is 3.06. The highest BCUT2D eigenvalue weighted by Crippen LogP contribution is 1.78. The summed E-state index contributed by atoms with van der Waals surface area (Å²) in [5.74, 6) is -0.368. The molecule has 0 aliphatic rings. The van der Waals surface area contributed by atoms with Gasteiger partial charge in [0.15, 0.2) is 0 Å². The minimum atomic E-state index is -3.79. The summed E-state index contributed by atoms with van der Waals surface area (Å²) < 4.78 is 27.3. The van der Waals surface area contributed by atoms with Crippen molar-refractivity contribution in [1.29, 1.82) is 0 Å². The molecule has 0 aliphatic carbocycles. The van der Waals surface area contributed by atoms with Crippen molar-refractivity contribution in [3.8, 4) is 0 Å². The van der Waals surface area contributed by atoms with Crippen molar-refractivity contribution in [2.75, 3.05) is 5.75 Å². The summed E-state index contributed by atoms with van der Waals surface area (Å²) in [6, 6.07) is 0. The van der Waals surface area contributed by atoms with Crippen LogP contribution in [0.25, 0.3) is 0 Å². The molecule has 0 fully saturated rings. The molecular weight excluding hydrogens is 196 g/mol. The number of hydrogen-bond donors (Lipinski definition) is 1. The summed E-state index contributed by atoms with van der Waals surface area (Å²) in [5, 5.41) is 0. The molecule has 0 atom stereocenters. The minimum Gasteiger partial charge on any atom is -0.285 e. The Kier molecular flexibility index (Phi) is 5.57. The molecule has 5 heteroatoms. The van der Waals surface area contributed by atoms with Gasteiger partial charge in [0.2, 0.25) is 0 Å². The van der Waals surface area contributed by atoms with Crippen LogP contribution in [0.1, 0.15) is 0 Å². The van der Waals surface area contributed by atoms with Crippen molar-refractivity contribution in [3.63, 3.8) is 0 Å². The highest BCUT2D eigenvalue weighted by molar-refractivity contribution is 8.93. The molecule has 0 aromatic rings. The van der Waals surface area contributed by atoms with Gasteiger partial charge in [-0.25, -0.2) is 0 Å². The number of hydrogen-bond acceptors (Lipinski definition) is 2. The molecule has 0 amide bonds. The van der Waals surface area contributed by atoms with Gasteiger partial charge in [-0.2, -0.15) is 8.42 Å². The topological polar surface area (TPSA) is 54.4 Å². The van der Waals surface area contributed by atoms with Crippen molar-refractivity contribution in [2.24, 2.45) is 0 Å². The predicted octanol–water partition coefficient (Wildman–Crippen LogP) is 0.638. The summed E-state index contributed by atoms with van der Waals surface area (Å²) in [7, 11) is -3.79. The Morgan fingerprint density at radius 3 is 2.00 bits per heavy atom. The molecular formula is C3H7BrO3S. The van der Waals surface area contributed by atoms with Gasteiger partial charge < -0.3 is 0 Å². The van der Waals surface area contributed by atoms with E-state index in [4.69, 9.17) is 4.55 Å². The Hall–Kier alpha value is 0.130. The molecule has 0 aromatic heterocycles. The molecule has 0 saturated carbocycles. The molecule has 0 saturated heterocycles. The summed E-state index contributed by atoms with van der Waals surface area (Å²) >= 11 is 0. The van der Waals surface area contributed by atoms with E-state index in [9.17, 15) is 8.42 Å². The lowest BCUT2D eigenvalue weighted by Crippen LogP contribution is -1.99. The smallest absolute Gasteiger partial charge is 0.268 e. The lowest BCUT2D eigenvalue weighted by molar-refractivity contribution is 0.487. The highest BCUT2D eigenvalue weighted by Gasteiger charge is 1.95. The van der Waals surface area contributed by atoms with E-state index in [-0.39, 0.29) is 22.7 Å². The van der Waals surface area contributed by atoms with Crippen molar-refractivity contribution in [2.45, 2.75) is 0 Å². The molecule has 0 radical (unpaired) electrons. The quantitative estimate of drug-likeness (QED) is 0.529. The van der Waals surface area contributed by atoms with E-state index in [1.165, 1.54) is 0 Å². The average molecular weight is 203 g/mol. The van der Waals surface area contributed by atoms with Crippen LogP contribution in [0.3, 0.4) is 0 Å². The van der Waals surface area contributed by atoms with Gasteiger partial charge in [0.05, 0.1) is 5.75 Å². The van der Waals surface area contributed by atoms with Crippen molar-refractivity contribution < 1.29 is 13.0 Å². The van der Waals surface area contributed by atoms with Crippen LogP contribution < -0.4 is 0 Å². The van der Waals surface area contributed by atoms with E-state index in [1.54, 1.807) is 0 Å². The van der Waals surface area contributed by atoms with Gasteiger partial charge in [-0.05, 0) is 0 Å². The molecule has 0 spiro atoms. The van der Waals surface area contributed by atoms with Crippen LogP contribution in [0.2, 0.25) is 0 Å². The fraction of sp³-hybridized carbons (Fsp3) is 0.333. The predicted molar refractivity (Wildman–Crippen MR) is 36.9 cm³/mol. The van der Waals surface area contributed by atoms with Crippen molar-refractivity contribution >= 4 is 27.1 Å². The van der Waals surface area contributed by atoms with Gasteiger partial charge in [-0.1, -0.05) is 6.08 Å². The highest BCUT2D eigenvalue weighted by atomic mass is 79.9. The van der Waals surface area contributed by atoms with Crippen molar-refractivity contribution in [1.82, 2.24) is 0 Å². The largest absolute Gasteiger partial charge is 0.285 e. The first kappa shape index (κ1) is 11.0. The molecule has 0 heterocycles. The van der Waals surface area contributed by atoms with Crippen LogP contribution in [-0.2, 0) is 10.1 Å². The van der Waals surface area contributed by atoms with Gasteiger partial charge in [0.25, 0.3) is 10.1 Å². The normalized spacial score (nSPS) is 9.62. The molecule has 50 valence electrons. The van der Waals surface area contributed by atoms with E-state index in [1.807, 2.05) is 0 Å². The number of halogens is 1. The van der Waals surface area contributed by atoms with Gasteiger partial charge in [0, 0.05) is 0 Å². The molecule has 3 nitrogen and oxygen atoms in total. The molecule has 8 heavy (non-hydrogen) atoms. The third-order valence-corrected chi connectivity index (χ3v) is 0.985. The summed E-state index contributed by atoms with van der Waals surface area (Å²) in [4.78, 5) is 0. The fourth-order valence-corrected chi connectivity index (χ4v) is 0.447. The average Bonchev–Trinajstić information content (AvgIpc) is 1.30. The first-order valence-corrected chi connectivity index (χ1v) is 3.23. The van der Waals surface area contributed by atoms with Gasteiger partial charge >= 0.3 is 0 Å². The first-order valence-electron chi connectivity index (χ1n) is 1.62. The maximum Gasteiger partial charge on any atom is 0.268 e. The molecule has 0 bridgehead atoms. The van der Waals surface area contributed by atoms with Crippen LogP contribution in [0.4, 0.5) is 0 Å². The van der Waals surface area contributed by atoms with E-state index in [0.29, 0.717) is 0 Å². The second-order valence-electron chi connectivity index (χ2n) is 1.04. The SMILES string of the molecule is Br.C=CCS(=O)(=O)O. The Morgan fingerprint density at radius 1 is 1.62 bits per heavy atom. The lowest BCUT2D eigenvalue weighted by atomic mass is 10.8. The van der Waals surface area contributed by atoms with Crippen LogP contribution in [0.15, 0.2) is 12.7 Å². The summed E-state index contributed by atoms with van der Waals surface area (Å²) in [6.07, 6.45) is 1.12. The van der Waals surface area contributed by atoms with Crippen LogP contribution >= 0.6 is 17.0 Å². The van der Waals surface area contributed by atoms with E-state index < -0.39 is 10.1 Å². The fourth-order valence-electron chi connectivity index (χ4n) is 0.149. The number of rotatable bonds is 2. The van der Waals surface area contributed by atoms with Gasteiger partial charge in [0.1, 0.15) is 0 Å². The summed E-state index contributed by atoms with van der Waals surface area (Å²) in [5.41, 5.74) is 0. The van der Waals surface area contributed by atoms with E-state index >= 15 is 0 Å². The van der Waals surface area contributed by atoms with Crippen LogP contribution in [0.5, 0.6) is 0 Å². The third kappa shape index (κ3) is 9.46. The molecule has 0 aromatic carbocycles. The van der Waals surface area contributed by atoms with E-state index in [2.05, 4.69) is 6.58 Å². The standard InChI is InChI=1S/C3H6O3S.BrH/c1-2-3-7(4,5)6;/h2H,1,3H2,(H,4,5,6);1H. The van der Waals surface area contributed by atoms with E-state index in [0.717, 1.165) is 6.08 Å². The Balaban J connectivity index is 0. The minimum absolute atomic E-state index is 0. The lowest BCUT2D eigenvalue weighted by Gasteiger charge is -1.82. The maximum atomic E-state index is 9.72. The molecule has 0 aliphatic heterocycles. The zero-order valence-electron chi connectivity index (χ0n) is 4.07. The molecule has 1 N–H and O–H groups in total. The second kappa shape index (κ2) is 4.05. The van der Waals surface area contributed by atoms with Crippen molar-refractivity contribution in [3.05, 3.63) is 12.7 Å². The zero-order valence-corrected chi connectivity index (χ0v) is 6.60. The van der Waals surface area contributed by atoms with Crippen LogP contribution in [0, 0.1) is 0 Å². The molecule has 0 rings (SSSR count). The Bertz CT molecular complexity index is 148. The van der Waals surface area contributed by atoms with Gasteiger partial charge in [-0.15, -0.1) is 23.6 Å². The third-order valence-electron chi connectivity index (χ3n) is 0.328. The zero-order chi connectivity index (χ0) is 5.91. The molecule has 0 unspecified atom stereocenters. The summed E-state index contributed by atoms with van der Waals surface area (Å²) in [6.45, 7) is 3.11. The monoisotopic (exact) mass is 202 g/mol. The Labute approximate surface area is 58.9 Å². The maximum absolute atomic E-state index is 9.72. The van der Waals surface area contributed by atoms with Gasteiger partial charge in [-0.3, -0.25) is 4.55 Å². The van der Waals surface area contributed by atoms with Crippen LogP contribution in [-0.4, -0.2) is 18.7 Å². The Morgan fingerprint density at radius 2 is 2.00 bits per heavy atom. The second-order valence-corrected chi connectivity index (χ2v) is 2.53.